The normalized spacial score (nSPS) is 18.0. The van der Waals surface area contributed by atoms with E-state index < -0.39 is 0 Å². The number of rotatable bonds is 8. The van der Waals surface area contributed by atoms with Gasteiger partial charge >= 0.3 is 5.97 Å². The van der Waals surface area contributed by atoms with Crippen molar-refractivity contribution in [3.8, 4) is 0 Å². The number of hydrogen-bond donors (Lipinski definition) is 1. The zero-order valence-corrected chi connectivity index (χ0v) is 17.0. The predicted molar refractivity (Wildman–Crippen MR) is 104 cm³/mol. The summed E-state index contributed by atoms with van der Waals surface area (Å²) in [5.74, 6) is 2.37. The zero-order valence-electron chi connectivity index (χ0n) is 17.0. The third-order valence-corrected chi connectivity index (χ3v) is 4.49. The Morgan fingerprint density at radius 1 is 1.44 bits per heavy atom. The SMILES string of the molecule is CCNC(=NCCCc1nc(C(C)C)no1)N1CCCC(C(=O)OCC)C1. The van der Waals surface area contributed by atoms with Crippen molar-refractivity contribution >= 4 is 11.9 Å². The number of aryl methyl sites for hydroxylation is 1. The van der Waals surface area contributed by atoms with Crippen LogP contribution in [-0.2, 0) is 16.0 Å². The van der Waals surface area contributed by atoms with Crippen LogP contribution in [0.1, 0.15) is 64.6 Å². The monoisotopic (exact) mass is 379 g/mol. The maximum atomic E-state index is 12.1. The molecule has 1 aromatic heterocycles. The molecule has 2 rings (SSSR count). The fourth-order valence-corrected chi connectivity index (χ4v) is 3.07. The minimum Gasteiger partial charge on any atom is -0.466 e. The topological polar surface area (TPSA) is 92.9 Å². The molecule has 8 heteroatoms. The molecular weight excluding hydrogens is 346 g/mol. The first-order valence-electron chi connectivity index (χ1n) is 10.1. The van der Waals surface area contributed by atoms with Gasteiger partial charge in [0.05, 0.1) is 12.5 Å². The highest BCUT2D eigenvalue weighted by Crippen LogP contribution is 2.18. The highest BCUT2D eigenvalue weighted by atomic mass is 16.5. The molecule has 1 aromatic rings. The summed E-state index contributed by atoms with van der Waals surface area (Å²) in [6.07, 6.45) is 3.40. The minimum atomic E-state index is -0.101. The van der Waals surface area contributed by atoms with Crippen LogP contribution in [0.3, 0.4) is 0 Å². The van der Waals surface area contributed by atoms with Crippen LogP contribution in [0.4, 0.5) is 0 Å². The number of guanidine groups is 1. The third-order valence-electron chi connectivity index (χ3n) is 4.49. The van der Waals surface area contributed by atoms with E-state index in [1.165, 1.54) is 0 Å². The number of carbonyl (C=O) groups is 1. The molecule has 0 saturated carbocycles. The Bertz CT molecular complexity index is 614. The molecule has 0 radical (unpaired) electrons. The summed E-state index contributed by atoms with van der Waals surface area (Å²) in [7, 11) is 0. The van der Waals surface area contributed by atoms with E-state index in [-0.39, 0.29) is 17.8 Å². The zero-order chi connectivity index (χ0) is 19.6. The van der Waals surface area contributed by atoms with Gasteiger partial charge in [-0.1, -0.05) is 19.0 Å². The molecule has 0 aliphatic carbocycles. The number of carbonyl (C=O) groups excluding carboxylic acids is 1. The van der Waals surface area contributed by atoms with Crippen molar-refractivity contribution in [2.75, 3.05) is 32.8 Å². The van der Waals surface area contributed by atoms with Gasteiger partial charge in [-0.3, -0.25) is 9.79 Å². The molecule has 1 aliphatic rings. The number of likely N-dealkylation sites (tertiary alicyclic amines) is 1. The number of nitrogens with zero attached hydrogens (tertiary/aromatic N) is 4. The van der Waals surface area contributed by atoms with Crippen molar-refractivity contribution in [3.05, 3.63) is 11.7 Å². The van der Waals surface area contributed by atoms with Gasteiger partial charge in [0.2, 0.25) is 5.89 Å². The standard InChI is InChI=1S/C19H33N5O3/c1-5-20-19(24-12-8-9-15(13-24)18(25)26-6-2)21-11-7-10-16-22-17(14(3)4)23-27-16/h14-15H,5-13H2,1-4H3,(H,20,21). The number of hydrogen-bond acceptors (Lipinski definition) is 6. The van der Waals surface area contributed by atoms with Gasteiger partial charge in [-0.05, 0) is 33.1 Å². The first-order chi connectivity index (χ1) is 13.0. The Morgan fingerprint density at radius 3 is 2.93 bits per heavy atom. The van der Waals surface area contributed by atoms with E-state index in [1.807, 2.05) is 27.7 Å². The van der Waals surface area contributed by atoms with Crippen LogP contribution < -0.4 is 5.32 Å². The Morgan fingerprint density at radius 2 is 2.26 bits per heavy atom. The van der Waals surface area contributed by atoms with Crippen molar-refractivity contribution in [2.24, 2.45) is 10.9 Å². The molecule has 0 aromatic carbocycles. The Hall–Kier alpha value is -2.12. The lowest BCUT2D eigenvalue weighted by molar-refractivity contribution is -0.149. The Kier molecular flexibility index (Phi) is 8.54. The molecule has 8 nitrogen and oxygen atoms in total. The second kappa shape index (κ2) is 10.9. The van der Waals surface area contributed by atoms with E-state index in [1.54, 1.807) is 0 Å². The number of esters is 1. The lowest BCUT2D eigenvalue weighted by Gasteiger charge is -2.34. The fraction of sp³-hybridized carbons (Fsp3) is 0.789. The first kappa shape index (κ1) is 21.2. The summed E-state index contributed by atoms with van der Waals surface area (Å²) in [5.41, 5.74) is 0. The maximum Gasteiger partial charge on any atom is 0.310 e. The molecule has 0 amide bonds. The Balaban J connectivity index is 1.87. The highest BCUT2D eigenvalue weighted by Gasteiger charge is 2.28. The summed E-state index contributed by atoms with van der Waals surface area (Å²) >= 11 is 0. The van der Waals surface area contributed by atoms with E-state index in [0.717, 1.165) is 44.1 Å². The van der Waals surface area contributed by atoms with Gasteiger partial charge in [0.1, 0.15) is 0 Å². The van der Waals surface area contributed by atoms with Crippen LogP contribution in [0.25, 0.3) is 0 Å². The third kappa shape index (κ3) is 6.52. The molecule has 0 bridgehead atoms. The summed E-state index contributed by atoms with van der Waals surface area (Å²) in [6.45, 7) is 11.4. The van der Waals surface area contributed by atoms with Crippen molar-refractivity contribution in [1.29, 1.82) is 0 Å². The van der Waals surface area contributed by atoms with E-state index >= 15 is 0 Å². The molecule has 1 fully saturated rings. The van der Waals surface area contributed by atoms with Crippen LogP contribution in [0.5, 0.6) is 0 Å². The molecule has 1 aliphatic heterocycles. The molecule has 2 heterocycles. The number of piperidine rings is 1. The second-order valence-corrected chi connectivity index (χ2v) is 7.08. The maximum absolute atomic E-state index is 12.1. The summed E-state index contributed by atoms with van der Waals surface area (Å²) in [5, 5.41) is 7.32. The summed E-state index contributed by atoms with van der Waals surface area (Å²) in [6, 6.07) is 0. The van der Waals surface area contributed by atoms with Crippen LogP contribution >= 0.6 is 0 Å². The van der Waals surface area contributed by atoms with Crippen LogP contribution in [-0.4, -0.2) is 59.8 Å². The van der Waals surface area contributed by atoms with Crippen molar-refractivity contribution in [3.63, 3.8) is 0 Å². The molecule has 1 N–H and O–H groups in total. The van der Waals surface area contributed by atoms with Crippen LogP contribution in [0.2, 0.25) is 0 Å². The highest BCUT2D eigenvalue weighted by molar-refractivity contribution is 5.81. The van der Waals surface area contributed by atoms with Crippen LogP contribution in [0, 0.1) is 5.92 Å². The number of aliphatic imine (C=N–C) groups is 1. The molecule has 1 unspecified atom stereocenters. The van der Waals surface area contributed by atoms with Crippen LogP contribution in [0.15, 0.2) is 9.52 Å². The lowest BCUT2D eigenvalue weighted by Crippen LogP contribution is -2.48. The van der Waals surface area contributed by atoms with Gasteiger partial charge in [-0.2, -0.15) is 4.98 Å². The van der Waals surface area contributed by atoms with Gasteiger partial charge in [0, 0.05) is 38.5 Å². The van der Waals surface area contributed by atoms with Crippen molar-refractivity contribution < 1.29 is 14.1 Å². The second-order valence-electron chi connectivity index (χ2n) is 7.08. The summed E-state index contributed by atoms with van der Waals surface area (Å²) in [4.78, 5) is 23.3. The molecule has 1 atom stereocenters. The van der Waals surface area contributed by atoms with E-state index in [9.17, 15) is 4.79 Å². The van der Waals surface area contributed by atoms with E-state index in [4.69, 9.17) is 14.3 Å². The lowest BCUT2D eigenvalue weighted by atomic mass is 9.98. The van der Waals surface area contributed by atoms with Gasteiger partial charge in [0.15, 0.2) is 11.8 Å². The average Bonchev–Trinajstić information content (AvgIpc) is 3.14. The number of ether oxygens (including phenoxy) is 1. The predicted octanol–water partition coefficient (Wildman–Crippen LogP) is 2.37. The van der Waals surface area contributed by atoms with E-state index in [2.05, 4.69) is 20.4 Å². The van der Waals surface area contributed by atoms with Gasteiger partial charge in [-0.25, -0.2) is 0 Å². The van der Waals surface area contributed by atoms with E-state index in [0.29, 0.717) is 32.0 Å². The van der Waals surface area contributed by atoms with Gasteiger partial charge in [0.25, 0.3) is 0 Å². The van der Waals surface area contributed by atoms with Gasteiger partial charge in [-0.15, -0.1) is 0 Å². The molecule has 1 saturated heterocycles. The number of nitrogens with one attached hydrogen (secondary N) is 1. The largest absolute Gasteiger partial charge is 0.466 e. The fourth-order valence-electron chi connectivity index (χ4n) is 3.07. The molecule has 27 heavy (non-hydrogen) atoms. The van der Waals surface area contributed by atoms with Crippen molar-refractivity contribution in [2.45, 2.75) is 59.3 Å². The quantitative estimate of drug-likeness (QED) is 0.321. The molecule has 152 valence electrons. The first-order valence-corrected chi connectivity index (χ1v) is 10.1. The number of aromatic nitrogens is 2. The smallest absolute Gasteiger partial charge is 0.310 e. The van der Waals surface area contributed by atoms with Crippen molar-refractivity contribution in [1.82, 2.24) is 20.4 Å². The minimum absolute atomic E-state index is 0.0737. The summed E-state index contributed by atoms with van der Waals surface area (Å²) < 4.78 is 10.5. The molecular formula is C19H33N5O3. The molecule has 0 spiro atoms. The van der Waals surface area contributed by atoms with Gasteiger partial charge < -0.3 is 19.5 Å². The average molecular weight is 380 g/mol. The Labute approximate surface area is 161 Å².